The second-order valence-corrected chi connectivity index (χ2v) is 8.55. The van der Waals surface area contributed by atoms with E-state index in [4.69, 9.17) is 0 Å². The summed E-state index contributed by atoms with van der Waals surface area (Å²) in [5, 5.41) is 0. The highest BCUT2D eigenvalue weighted by Crippen LogP contribution is 2.91. The Balaban J connectivity index is 1.77. The summed E-state index contributed by atoms with van der Waals surface area (Å²) < 4.78 is 1.21. The van der Waals surface area contributed by atoms with Gasteiger partial charge in [-0.1, -0.05) is 60.7 Å². The summed E-state index contributed by atoms with van der Waals surface area (Å²) >= 11 is 0. The highest BCUT2D eigenvalue weighted by atomic mass is 15.7. The van der Waals surface area contributed by atoms with Gasteiger partial charge in [0.1, 0.15) is 5.54 Å². The lowest BCUT2D eigenvalue weighted by Crippen LogP contribution is -2.61. The molecule has 124 valence electrons. The van der Waals surface area contributed by atoms with Gasteiger partial charge in [-0.15, -0.1) is 13.2 Å². The first-order chi connectivity index (χ1) is 12.2. The van der Waals surface area contributed by atoms with Gasteiger partial charge in [0, 0.05) is 35.1 Å². The van der Waals surface area contributed by atoms with Crippen LogP contribution in [-0.4, -0.2) is 10.5 Å². The van der Waals surface area contributed by atoms with Crippen LogP contribution < -0.4 is 0 Å². The van der Waals surface area contributed by atoms with Crippen LogP contribution in [0.3, 0.4) is 0 Å². The lowest BCUT2D eigenvalue weighted by molar-refractivity contribution is -0.974. The molecule has 1 nitrogen and oxygen atoms in total. The van der Waals surface area contributed by atoms with E-state index in [1.807, 2.05) is 0 Å². The quantitative estimate of drug-likeness (QED) is 0.415. The molecule has 3 unspecified atom stereocenters. The molecule has 4 heterocycles. The number of hydrogen-bond acceptors (Lipinski definition) is 0. The van der Waals surface area contributed by atoms with Crippen LogP contribution in [0.1, 0.15) is 48.4 Å². The summed E-state index contributed by atoms with van der Waals surface area (Å²) in [5.74, 6) is 0. The first-order valence-electron chi connectivity index (χ1n) is 9.47. The topological polar surface area (TPSA) is 0 Å². The van der Waals surface area contributed by atoms with E-state index >= 15 is 0 Å². The predicted molar refractivity (Wildman–Crippen MR) is 101 cm³/mol. The zero-order valence-corrected chi connectivity index (χ0v) is 14.8. The lowest BCUT2D eigenvalue weighted by Gasteiger charge is -2.50. The Labute approximate surface area is 149 Å². The first-order valence-corrected chi connectivity index (χ1v) is 9.47. The molecule has 2 aromatic rings. The molecule has 0 aliphatic carbocycles. The molecule has 25 heavy (non-hydrogen) atoms. The molecule has 0 aromatic heterocycles. The monoisotopic (exact) mass is 326 g/mol. The summed E-state index contributed by atoms with van der Waals surface area (Å²) in [7, 11) is 0. The number of benzene rings is 2. The third-order valence-electron chi connectivity index (χ3n) is 8.30. The van der Waals surface area contributed by atoms with E-state index in [0.717, 1.165) is 18.9 Å². The van der Waals surface area contributed by atoms with Crippen molar-refractivity contribution in [1.29, 1.82) is 0 Å². The van der Waals surface area contributed by atoms with E-state index in [9.17, 15) is 0 Å². The van der Waals surface area contributed by atoms with Gasteiger partial charge in [-0.2, -0.15) is 0 Å². The van der Waals surface area contributed by atoms with Gasteiger partial charge in [0.15, 0.2) is 17.1 Å². The second kappa shape index (κ2) is 3.83. The molecule has 1 heteroatoms. The van der Waals surface area contributed by atoms with Gasteiger partial charge < -0.3 is 0 Å². The molecule has 0 amide bonds. The van der Waals surface area contributed by atoms with Crippen LogP contribution in [0, 0.1) is 0 Å². The molecule has 2 aromatic carbocycles. The minimum Gasteiger partial charge on any atom is -0.280 e. The summed E-state index contributed by atoms with van der Waals surface area (Å²) in [6, 6.07) is 19.2. The van der Waals surface area contributed by atoms with Gasteiger partial charge >= 0.3 is 0 Å². The van der Waals surface area contributed by atoms with Gasteiger partial charge in [-0.25, -0.2) is 0 Å². The fourth-order valence-electron chi connectivity index (χ4n) is 8.00. The number of hydrogen-bond donors (Lipinski definition) is 0. The zero-order valence-electron chi connectivity index (χ0n) is 14.8. The van der Waals surface area contributed by atoms with Crippen LogP contribution in [0.5, 0.6) is 0 Å². The van der Waals surface area contributed by atoms with E-state index in [0.29, 0.717) is 0 Å². The molecule has 4 aliphatic heterocycles. The van der Waals surface area contributed by atoms with Crippen molar-refractivity contribution < 1.29 is 4.48 Å². The molecule has 0 bridgehead atoms. The van der Waals surface area contributed by atoms with Crippen molar-refractivity contribution in [2.75, 3.05) is 0 Å². The largest absolute Gasteiger partial charge is 0.280 e. The molecule has 0 N–H and O–H groups in total. The molecule has 1 spiro atoms. The third-order valence-corrected chi connectivity index (χ3v) is 8.30. The second-order valence-electron chi connectivity index (χ2n) is 8.55. The highest BCUT2D eigenvalue weighted by molar-refractivity contribution is 5.62. The van der Waals surface area contributed by atoms with Crippen molar-refractivity contribution in [2.45, 2.75) is 48.8 Å². The Kier molecular flexibility index (Phi) is 2.16. The molecule has 6 rings (SSSR count). The predicted octanol–water partition coefficient (Wildman–Crippen LogP) is 5.12. The van der Waals surface area contributed by atoms with Crippen molar-refractivity contribution in [3.8, 4) is 0 Å². The fourth-order valence-corrected chi connectivity index (χ4v) is 8.00. The Hall–Kier alpha value is -2.12. The Morgan fingerprint density at radius 1 is 0.920 bits per heavy atom. The summed E-state index contributed by atoms with van der Waals surface area (Å²) in [5.41, 5.74) is 6.77. The van der Waals surface area contributed by atoms with E-state index in [1.165, 1.54) is 10.9 Å². The summed E-state index contributed by atoms with van der Waals surface area (Å²) in [4.78, 5) is 0. The summed E-state index contributed by atoms with van der Waals surface area (Å²) in [6.07, 6.45) is 7.76. The molecule has 2 saturated heterocycles. The van der Waals surface area contributed by atoms with Crippen LogP contribution in [0.2, 0.25) is 0 Å². The Morgan fingerprint density at radius 2 is 1.48 bits per heavy atom. The van der Waals surface area contributed by atoms with Crippen molar-refractivity contribution in [3.05, 3.63) is 96.1 Å². The standard InChI is InChI=1S/C24H24N/c1-4-14-23-16-21-24(15-5-2)20-13-9-7-11-18(20)22(3,25(21,23)24)17-10-6-8-12-19(17)23/h4-13,21H,1-2,14-16H2,3H3/q+1/t21?,22?,23-,24-,25?/m0/s1. The Morgan fingerprint density at radius 3 is 2.12 bits per heavy atom. The van der Waals surface area contributed by atoms with Crippen molar-refractivity contribution in [3.63, 3.8) is 0 Å². The third kappa shape index (κ3) is 0.981. The van der Waals surface area contributed by atoms with E-state index in [1.54, 1.807) is 22.3 Å². The lowest BCUT2D eigenvalue weighted by atomic mass is 9.76. The van der Waals surface area contributed by atoms with Gasteiger partial charge in [-0.05, 0) is 6.92 Å². The molecule has 4 aliphatic rings. The van der Waals surface area contributed by atoms with Crippen LogP contribution >= 0.6 is 0 Å². The van der Waals surface area contributed by atoms with Gasteiger partial charge in [0.05, 0.1) is 6.42 Å². The average molecular weight is 326 g/mol. The molecular formula is C24H24N+. The number of fused-ring (bicyclic) bond motifs is 7. The fraction of sp³-hybridized carbons (Fsp3) is 0.333. The van der Waals surface area contributed by atoms with Crippen molar-refractivity contribution >= 4 is 0 Å². The molecule has 0 saturated carbocycles. The van der Waals surface area contributed by atoms with Gasteiger partial charge in [0.25, 0.3) is 0 Å². The smallest absolute Gasteiger partial charge is 0.183 e. The Bertz CT molecular complexity index is 947. The molecule has 2 fully saturated rings. The highest BCUT2D eigenvalue weighted by Gasteiger charge is 3.03. The normalized spacial score (nSPS) is 43.3. The number of rotatable bonds is 4. The molecular weight excluding hydrogens is 302 g/mol. The first kappa shape index (κ1) is 14.1. The number of quaternary nitrogens is 1. The van der Waals surface area contributed by atoms with Gasteiger partial charge in [-0.3, -0.25) is 4.48 Å². The average Bonchev–Trinajstić information content (AvgIpc) is 2.97. The zero-order chi connectivity index (χ0) is 17.1. The van der Waals surface area contributed by atoms with Crippen LogP contribution in [0.25, 0.3) is 0 Å². The maximum atomic E-state index is 4.14. The summed E-state index contributed by atoms with van der Waals surface area (Å²) in [6.45, 7) is 10.8. The SMILES string of the molecule is C=CC[C@]12CC3[C@]4(CC=C)c5ccccc5C(C)(c5ccccc51)[N+]324. The van der Waals surface area contributed by atoms with Crippen molar-refractivity contribution in [1.82, 2.24) is 0 Å². The number of nitrogens with zero attached hydrogens (tertiary/aromatic N) is 1. The van der Waals surface area contributed by atoms with Crippen LogP contribution in [0.4, 0.5) is 0 Å². The minimum atomic E-state index is 0.0716. The maximum Gasteiger partial charge on any atom is 0.183 e. The van der Waals surface area contributed by atoms with E-state index in [2.05, 4.69) is 80.8 Å². The minimum absolute atomic E-state index is 0.0716. The van der Waals surface area contributed by atoms with Crippen LogP contribution in [-0.2, 0) is 16.6 Å². The van der Waals surface area contributed by atoms with Gasteiger partial charge in [0.2, 0.25) is 0 Å². The van der Waals surface area contributed by atoms with E-state index < -0.39 is 0 Å². The molecule has 5 atom stereocenters. The van der Waals surface area contributed by atoms with Crippen LogP contribution in [0.15, 0.2) is 73.8 Å². The van der Waals surface area contributed by atoms with Crippen molar-refractivity contribution in [2.24, 2.45) is 0 Å². The molecule has 0 radical (unpaired) electrons. The van der Waals surface area contributed by atoms with E-state index in [-0.39, 0.29) is 16.6 Å². The maximum absolute atomic E-state index is 4.14.